The van der Waals surface area contributed by atoms with Crippen molar-refractivity contribution in [2.75, 3.05) is 6.61 Å². The molecule has 0 aliphatic carbocycles. The molecule has 0 radical (unpaired) electrons. The number of hydrogen-bond donors (Lipinski definition) is 1. The van der Waals surface area contributed by atoms with Crippen LogP contribution in [0.3, 0.4) is 0 Å². The molecule has 0 aromatic carbocycles. The number of esters is 1. The molecule has 2 aliphatic rings. The summed E-state index contributed by atoms with van der Waals surface area (Å²) >= 11 is 0. The molecule has 0 aromatic heterocycles. The molecule has 7 nitrogen and oxygen atoms in total. The van der Waals surface area contributed by atoms with Crippen molar-refractivity contribution in [2.45, 2.75) is 44.9 Å². The standard InChI is InChI=1S/C11H17FN2O5/c1-4-8(15)17-6-5-7-9(16)13-11(3)10(7,2)18-14(11)19-12/h7H,4-6H2,1-3H3,(H,13,16)/t7-,10-,11-/m0/s1. The summed E-state index contributed by atoms with van der Waals surface area (Å²) in [6.45, 7) is 5.10. The number of hydroxylamine groups is 2. The Morgan fingerprint density at radius 1 is 1.58 bits per heavy atom. The van der Waals surface area contributed by atoms with Gasteiger partial charge in [-0.3, -0.25) is 14.4 Å². The molecule has 1 amide bonds. The lowest BCUT2D eigenvalue weighted by Crippen LogP contribution is -2.76. The Balaban J connectivity index is 1.99. The van der Waals surface area contributed by atoms with Gasteiger partial charge in [0, 0.05) is 11.6 Å². The molecular formula is C11H17FN2O5. The van der Waals surface area contributed by atoms with Gasteiger partial charge in [-0.05, 0) is 24.8 Å². The number of nitrogens with one attached hydrogen (secondary N) is 1. The monoisotopic (exact) mass is 276 g/mol. The Kier molecular flexibility index (Phi) is 3.50. The molecule has 2 heterocycles. The first kappa shape index (κ1) is 14.2. The van der Waals surface area contributed by atoms with Gasteiger partial charge >= 0.3 is 5.97 Å². The third-order valence-corrected chi connectivity index (χ3v) is 3.97. The summed E-state index contributed by atoms with van der Waals surface area (Å²) in [5.74, 6) is -1.14. The van der Waals surface area contributed by atoms with Gasteiger partial charge in [-0.15, -0.1) is 0 Å². The number of fused-ring (bicyclic) bond motifs is 1. The second-order valence-electron chi connectivity index (χ2n) is 5.00. The minimum Gasteiger partial charge on any atom is -0.466 e. The Hall–Kier alpha value is -1.25. The van der Waals surface area contributed by atoms with Crippen LogP contribution in [0.5, 0.6) is 0 Å². The fraction of sp³-hybridized carbons (Fsp3) is 0.818. The first-order valence-corrected chi connectivity index (χ1v) is 6.14. The molecule has 2 rings (SSSR count). The highest BCUT2D eigenvalue weighted by molar-refractivity contribution is 5.84. The number of nitrogens with zero attached hydrogens (tertiary/aromatic N) is 1. The highest BCUT2D eigenvalue weighted by atomic mass is 19.3. The Labute approximate surface area is 109 Å². The molecule has 1 N–H and O–H groups in total. The van der Waals surface area contributed by atoms with Crippen molar-refractivity contribution in [3.8, 4) is 0 Å². The summed E-state index contributed by atoms with van der Waals surface area (Å²) in [5, 5.41) is 6.78. The van der Waals surface area contributed by atoms with Gasteiger partial charge in [-0.2, -0.15) is 0 Å². The van der Waals surface area contributed by atoms with Gasteiger partial charge in [0.15, 0.2) is 5.66 Å². The maximum absolute atomic E-state index is 12.2. The zero-order valence-electron chi connectivity index (χ0n) is 11.1. The second kappa shape index (κ2) is 4.69. The average molecular weight is 276 g/mol. The SMILES string of the molecule is CCC(=O)OCC[C@H]1C(=O)N[C@@]2(C)N(OF)O[C@@]12C. The molecule has 2 saturated heterocycles. The molecule has 0 bridgehead atoms. The number of halogens is 1. The van der Waals surface area contributed by atoms with Crippen molar-refractivity contribution >= 4 is 11.9 Å². The van der Waals surface area contributed by atoms with Gasteiger partial charge in [0.25, 0.3) is 0 Å². The van der Waals surface area contributed by atoms with E-state index < -0.39 is 17.2 Å². The van der Waals surface area contributed by atoms with Crippen LogP contribution in [0.15, 0.2) is 0 Å². The topological polar surface area (TPSA) is 77.1 Å². The summed E-state index contributed by atoms with van der Waals surface area (Å²) in [6.07, 6.45) is 0.593. The van der Waals surface area contributed by atoms with E-state index in [1.165, 1.54) is 0 Å². The van der Waals surface area contributed by atoms with Crippen LogP contribution >= 0.6 is 0 Å². The van der Waals surface area contributed by atoms with E-state index in [4.69, 9.17) is 9.57 Å². The van der Waals surface area contributed by atoms with Crippen molar-refractivity contribution in [2.24, 2.45) is 5.92 Å². The fourth-order valence-electron chi connectivity index (χ4n) is 2.53. The molecule has 108 valence electrons. The summed E-state index contributed by atoms with van der Waals surface area (Å²) in [6, 6.07) is 0. The highest BCUT2D eigenvalue weighted by Gasteiger charge is 2.73. The summed E-state index contributed by atoms with van der Waals surface area (Å²) in [5.41, 5.74) is -1.98. The number of ether oxygens (including phenoxy) is 1. The van der Waals surface area contributed by atoms with E-state index in [1.807, 2.05) is 0 Å². The average Bonchev–Trinajstić information content (AvgIpc) is 2.51. The maximum atomic E-state index is 12.2. The first-order valence-electron chi connectivity index (χ1n) is 6.14. The quantitative estimate of drug-likeness (QED) is 0.741. The second-order valence-corrected chi connectivity index (χ2v) is 5.00. The molecule has 2 fully saturated rings. The maximum Gasteiger partial charge on any atom is 0.305 e. The molecule has 0 aromatic rings. The van der Waals surface area contributed by atoms with E-state index in [2.05, 4.69) is 10.4 Å². The number of carbonyl (C=O) groups excluding carboxylic acids is 2. The van der Waals surface area contributed by atoms with Crippen molar-refractivity contribution < 1.29 is 28.7 Å². The summed E-state index contributed by atoms with van der Waals surface area (Å²) in [4.78, 5) is 28.1. The van der Waals surface area contributed by atoms with E-state index in [9.17, 15) is 14.1 Å². The van der Waals surface area contributed by atoms with Gasteiger partial charge in [0.2, 0.25) is 5.91 Å². The largest absolute Gasteiger partial charge is 0.466 e. The van der Waals surface area contributed by atoms with Gasteiger partial charge in [-0.1, -0.05) is 12.0 Å². The van der Waals surface area contributed by atoms with E-state index in [1.54, 1.807) is 20.8 Å². The van der Waals surface area contributed by atoms with Crippen LogP contribution in [0.25, 0.3) is 0 Å². The van der Waals surface area contributed by atoms with Crippen molar-refractivity contribution in [1.29, 1.82) is 0 Å². The van der Waals surface area contributed by atoms with E-state index >= 15 is 0 Å². The van der Waals surface area contributed by atoms with Crippen LogP contribution in [-0.2, 0) is 24.2 Å². The van der Waals surface area contributed by atoms with E-state index in [-0.39, 0.29) is 24.9 Å². The minimum absolute atomic E-state index is 0.121. The van der Waals surface area contributed by atoms with Gasteiger partial charge in [0.1, 0.15) is 5.60 Å². The lowest BCUT2D eigenvalue weighted by atomic mass is 9.79. The fourth-order valence-corrected chi connectivity index (χ4v) is 2.53. The zero-order chi connectivity index (χ0) is 14.3. The van der Waals surface area contributed by atoms with Gasteiger partial charge < -0.3 is 10.1 Å². The van der Waals surface area contributed by atoms with Crippen LogP contribution in [0.1, 0.15) is 33.6 Å². The lowest BCUT2D eigenvalue weighted by molar-refractivity contribution is -0.601. The molecule has 0 spiro atoms. The van der Waals surface area contributed by atoms with E-state index in [0.717, 1.165) is 0 Å². The normalized spacial score (nSPS) is 37.5. The Bertz CT molecular complexity index is 407. The van der Waals surface area contributed by atoms with Gasteiger partial charge in [0.05, 0.1) is 12.5 Å². The molecule has 0 unspecified atom stereocenters. The molecular weight excluding hydrogens is 259 g/mol. The van der Waals surface area contributed by atoms with E-state index in [0.29, 0.717) is 11.6 Å². The third kappa shape index (κ3) is 1.90. The van der Waals surface area contributed by atoms with Crippen LogP contribution in [-0.4, -0.2) is 35.0 Å². The van der Waals surface area contributed by atoms with Crippen LogP contribution in [0, 0.1) is 5.92 Å². The molecule has 2 aliphatic heterocycles. The molecule has 19 heavy (non-hydrogen) atoms. The van der Waals surface area contributed by atoms with Crippen LogP contribution in [0.4, 0.5) is 4.53 Å². The highest BCUT2D eigenvalue weighted by Crippen LogP contribution is 2.51. The summed E-state index contributed by atoms with van der Waals surface area (Å²) < 4.78 is 17.2. The molecule has 0 saturated carbocycles. The number of amides is 1. The minimum atomic E-state index is -1.06. The third-order valence-electron chi connectivity index (χ3n) is 3.97. The van der Waals surface area contributed by atoms with Crippen LogP contribution in [0.2, 0.25) is 0 Å². The molecule has 3 atom stereocenters. The first-order chi connectivity index (χ1) is 8.89. The number of carbonyl (C=O) groups is 2. The summed E-state index contributed by atoms with van der Waals surface area (Å²) in [7, 11) is 0. The predicted octanol–water partition coefficient (Wildman–Crippen LogP) is 0.614. The Morgan fingerprint density at radius 3 is 2.84 bits per heavy atom. The van der Waals surface area contributed by atoms with Crippen LogP contribution < -0.4 is 5.32 Å². The number of rotatable bonds is 5. The van der Waals surface area contributed by atoms with Crippen molar-refractivity contribution in [3.63, 3.8) is 0 Å². The van der Waals surface area contributed by atoms with Gasteiger partial charge in [-0.25, -0.2) is 0 Å². The smallest absolute Gasteiger partial charge is 0.305 e. The van der Waals surface area contributed by atoms with Crippen molar-refractivity contribution in [3.05, 3.63) is 0 Å². The Morgan fingerprint density at radius 2 is 2.26 bits per heavy atom. The predicted molar refractivity (Wildman–Crippen MR) is 59.4 cm³/mol. The number of hydrogen-bond acceptors (Lipinski definition) is 6. The molecule has 8 heteroatoms. The lowest BCUT2D eigenvalue weighted by Gasteiger charge is -2.55. The van der Waals surface area contributed by atoms with Crippen molar-refractivity contribution in [1.82, 2.24) is 10.5 Å². The zero-order valence-corrected chi connectivity index (χ0v) is 11.1.